The lowest BCUT2D eigenvalue weighted by Gasteiger charge is -2.13. The highest BCUT2D eigenvalue weighted by molar-refractivity contribution is 5.72. The number of hydrogen-bond acceptors (Lipinski definition) is 3. The lowest BCUT2D eigenvalue weighted by Crippen LogP contribution is -2.05. The molecular weight excluding hydrogens is 271 g/mol. The van der Waals surface area contributed by atoms with E-state index >= 15 is 0 Å². The summed E-state index contributed by atoms with van der Waals surface area (Å²) in [7, 11) is 1.38. The number of halogens is 3. The van der Waals surface area contributed by atoms with E-state index in [2.05, 4.69) is 4.98 Å². The number of pyridine rings is 1. The Balaban J connectivity index is 2.62. The van der Waals surface area contributed by atoms with Gasteiger partial charge in [-0.25, -0.2) is 4.98 Å². The van der Waals surface area contributed by atoms with Crippen LogP contribution < -0.4 is 4.74 Å². The summed E-state index contributed by atoms with van der Waals surface area (Å²) in [5.74, 6) is 0.177. The van der Waals surface area contributed by atoms with E-state index in [1.54, 1.807) is 0 Å². The third-order valence-electron chi connectivity index (χ3n) is 2.84. The Bertz CT molecular complexity index is 589. The molecule has 0 radical (unpaired) electrons. The van der Waals surface area contributed by atoms with Gasteiger partial charge in [-0.1, -0.05) is 12.1 Å². The van der Waals surface area contributed by atoms with Gasteiger partial charge in [0.1, 0.15) is 0 Å². The van der Waals surface area contributed by atoms with Crippen LogP contribution in [0, 0.1) is 0 Å². The predicted molar refractivity (Wildman–Crippen MR) is 67.1 cm³/mol. The first-order chi connectivity index (χ1) is 9.47. The van der Waals surface area contributed by atoms with Crippen LogP contribution in [0.2, 0.25) is 0 Å². The van der Waals surface area contributed by atoms with Gasteiger partial charge in [-0.15, -0.1) is 0 Å². The number of rotatable bonds is 3. The molecule has 1 aromatic heterocycles. The van der Waals surface area contributed by atoms with E-state index in [4.69, 9.17) is 4.74 Å². The van der Waals surface area contributed by atoms with Gasteiger partial charge in [0.2, 0.25) is 5.88 Å². The van der Waals surface area contributed by atoms with Crippen LogP contribution in [0.4, 0.5) is 13.2 Å². The molecule has 0 spiro atoms. The normalized spacial score (nSPS) is 11.4. The fourth-order valence-electron chi connectivity index (χ4n) is 1.93. The molecule has 2 rings (SSSR count). The molecule has 0 fully saturated rings. The van der Waals surface area contributed by atoms with Crippen molar-refractivity contribution in [2.45, 2.75) is 12.8 Å². The molecule has 0 bridgehead atoms. The molecule has 0 amide bonds. The summed E-state index contributed by atoms with van der Waals surface area (Å²) in [5, 5.41) is 9.32. The van der Waals surface area contributed by atoms with E-state index in [1.165, 1.54) is 31.5 Å². The zero-order valence-corrected chi connectivity index (χ0v) is 10.6. The number of aliphatic hydroxyl groups is 1. The van der Waals surface area contributed by atoms with Crippen molar-refractivity contribution < 1.29 is 23.0 Å². The molecule has 0 unspecified atom stereocenters. The monoisotopic (exact) mass is 283 g/mol. The smallest absolute Gasteiger partial charge is 0.416 e. The minimum absolute atomic E-state index is 0.177. The largest absolute Gasteiger partial charge is 0.481 e. The Hall–Kier alpha value is -2.08. The van der Waals surface area contributed by atoms with Crippen LogP contribution in [-0.2, 0) is 12.8 Å². The van der Waals surface area contributed by atoms with Crippen molar-refractivity contribution in [3.63, 3.8) is 0 Å². The van der Waals surface area contributed by atoms with E-state index in [-0.39, 0.29) is 12.5 Å². The Morgan fingerprint density at radius 1 is 1.25 bits per heavy atom. The molecule has 106 valence electrons. The molecular formula is C14H12F3NO2. The number of alkyl halides is 3. The Kier molecular flexibility index (Phi) is 3.94. The molecule has 0 aliphatic rings. The topological polar surface area (TPSA) is 42.4 Å². The first-order valence-electron chi connectivity index (χ1n) is 5.77. The summed E-state index contributed by atoms with van der Waals surface area (Å²) in [4.78, 5) is 3.96. The van der Waals surface area contributed by atoms with Crippen LogP contribution in [0.15, 0.2) is 36.5 Å². The third kappa shape index (κ3) is 2.75. The van der Waals surface area contributed by atoms with Gasteiger partial charge in [0.25, 0.3) is 0 Å². The second-order valence-corrected chi connectivity index (χ2v) is 4.09. The summed E-state index contributed by atoms with van der Waals surface area (Å²) < 4.78 is 43.3. The molecule has 1 heterocycles. The maximum atomic E-state index is 12.8. The number of nitrogens with zero attached hydrogens (tertiary/aromatic N) is 1. The number of benzene rings is 1. The number of aromatic nitrogens is 1. The Morgan fingerprint density at radius 3 is 2.60 bits per heavy atom. The fraction of sp³-hybridized carbons (Fsp3) is 0.214. The van der Waals surface area contributed by atoms with Gasteiger partial charge >= 0.3 is 6.18 Å². The van der Waals surface area contributed by atoms with Crippen LogP contribution in [0.5, 0.6) is 5.88 Å². The van der Waals surface area contributed by atoms with E-state index in [9.17, 15) is 18.3 Å². The first-order valence-corrected chi connectivity index (χ1v) is 5.77. The molecule has 0 atom stereocenters. The van der Waals surface area contributed by atoms with Crippen LogP contribution in [-0.4, -0.2) is 17.2 Å². The Morgan fingerprint density at radius 2 is 2.00 bits per heavy atom. The van der Waals surface area contributed by atoms with Crippen molar-refractivity contribution in [1.82, 2.24) is 4.98 Å². The van der Waals surface area contributed by atoms with E-state index < -0.39 is 11.7 Å². The van der Waals surface area contributed by atoms with Gasteiger partial charge in [-0.3, -0.25) is 0 Å². The lowest BCUT2D eigenvalue weighted by atomic mass is 9.99. The van der Waals surface area contributed by atoms with Crippen molar-refractivity contribution in [3.05, 3.63) is 47.7 Å². The first kappa shape index (κ1) is 14.3. The fourth-order valence-corrected chi connectivity index (χ4v) is 1.93. The molecule has 0 aliphatic carbocycles. The second-order valence-electron chi connectivity index (χ2n) is 4.09. The number of ether oxygens (including phenoxy) is 1. The summed E-state index contributed by atoms with van der Waals surface area (Å²) in [6.07, 6.45) is -2.99. The third-order valence-corrected chi connectivity index (χ3v) is 2.84. The van der Waals surface area contributed by atoms with Gasteiger partial charge < -0.3 is 9.84 Å². The molecule has 1 N–H and O–H groups in total. The molecule has 1 aromatic carbocycles. The minimum atomic E-state index is -4.43. The molecule has 6 heteroatoms. The predicted octanol–water partition coefficient (Wildman–Crippen LogP) is 3.27. The highest BCUT2D eigenvalue weighted by atomic mass is 19.4. The van der Waals surface area contributed by atoms with Crippen LogP contribution >= 0.6 is 0 Å². The highest BCUT2D eigenvalue weighted by Crippen LogP contribution is 2.36. The summed E-state index contributed by atoms with van der Waals surface area (Å²) in [5.41, 5.74) is 0.360. The molecule has 3 nitrogen and oxygen atoms in total. The SMILES string of the molecule is COc1nccc(CO)c1-c1cccc(C(F)(F)F)c1. The molecule has 0 saturated heterocycles. The second kappa shape index (κ2) is 5.50. The quantitative estimate of drug-likeness (QED) is 0.940. The average molecular weight is 283 g/mol. The van der Waals surface area contributed by atoms with E-state index in [0.717, 1.165) is 12.1 Å². The molecule has 0 aliphatic heterocycles. The van der Waals surface area contributed by atoms with Gasteiger partial charge in [-0.2, -0.15) is 13.2 Å². The van der Waals surface area contributed by atoms with Crippen LogP contribution in [0.1, 0.15) is 11.1 Å². The molecule has 2 aromatic rings. The average Bonchev–Trinajstić information content (AvgIpc) is 2.45. The highest BCUT2D eigenvalue weighted by Gasteiger charge is 2.30. The molecule has 20 heavy (non-hydrogen) atoms. The zero-order valence-electron chi connectivity index (χ0n) is 10.6. The van der Waals surface area contributed by atoms with Crippen molar-refractivity contribution in [3.8, 4) is 17.0 Å². The van der Waals surface area contributed by atoms with Gasteiger partial charge in [0.15, 0.2) is 0 Å². The summed E-state index contributed by atoms with van der Waals surface area (Å²) >= 11 is 0. The van der Waals surface area contributed by atoms with Crippen molar-refractivity contribution in [1.29, 1.82) is 0 Å². The maximum absolute atomic E-state index is 12.8. The van der Waals surface area contributed by atoms with Crippen molar-refractivity contribution in [2.24, 2.45) is 0 Å². The van der Waals surface area contributed by atoms with Gasteiger partial charge in [0, 0.05) is 11.8 Å². The van der Waals surface area contributed by atoms with Crippen molar-refractivity contribution in [2.75, 3.05) is 7.11 Å². The van der Waals surface area contributed by atoms with Crippen molar-refractivity contribution >= 4 is 0 Å². The summed E-state index contributed by atoms with van der Waals surface area (Å²) in [6.45, 7) is -0.315. The van der Waals surface area contributed by atoms with E-state index in [0.29, 0.717) is 16.7 Å². The standard InChI is InChI=1S/C14H12F3NO2/c1-20-13-12(10(8-19)5-6-18-13)9-3-2-4-11(7-9)14(15,16)17/h2-7,19H,8H2,1H3. The van der Waals surface area contributed by atoms with E-state index in [1.807, 2.05) is 0 Å². The minimum Gasteiger partial charge on any atom is -0.481 e. The lowest BCUT2D eigenvalue weighted by molar-refractivity contribution is -0.137. The van der Waals surface area contributed by atoms with Gasteiger partial charge in [0.05, 0.1) is 19.3 Å². The number of hydrogen-bond donors (Lipinski definition) is 1. The number of methoxy groups -OCH3 is 1. The summed E-state index contributed by atoms with van der Waals surface area (Å²) in [6, 6.07) is 6.38. The zero-order chi connectivity index (χ0) is 14.8. The van der Waals surface area contributed by atoms with Gasteiger partial charge in [-0.05, 0) is 29.3 Å². The Labute approximate surface area is 113 Å². The maximum Gasteiger partial charge on any atom is 0.416 e. The number of aliphatic hydroxyl groups excluding tert-OH is 1. The molecule has 0 saturated carbocycles. The van der Waals surface area contributed by atoms with Crippen LogP contribution in [0.3, 0.4) is 0 Å². The van der Waals surface area contributed by atoms with Crippen LogP contribution in [0.25, 0.3) is 11.1 Å².